The molecule has 0 unspecified atom stereocenters. The lowest BCUT2D eigenvalue weighted by Crippen LogP contribution is -2.23. The van der Waals surface area contributed by atoms with Crippen molar-refractivity contribution in [3.05, 3.63) is 58.1 Å². The van der Waals surface area contributed by atoms with Crippen LogP contribution in [0.5, 0.6) is 11.5 Å². The van der Waals surface area contributed by atoms with Crippen molar-refractivity contribution in [1.82, 2.24) is 4.90 Å². The van der Waals surface area contributed by atoms with Gasteiger partial charge in [0.1, 0.15) is 18.1 Å². The van der Waals surface area contributed by atoms with Gasteiger partial charge >= 0.3 is 5.97 Å². The molecule has 0 aliphatic carbocycles. The number of halogens is 1. The van der Waals surface area contributed by atoms with Gasteiger partial charge in [0.25, 0.3) is 0 Å². The Kier molecular flexibility index (Phi) is 4.92. The normalized spacial score (nSPS) is 13.6. The fourth-order valence-electron chi connectivity index (χ4n) is 2.84. The van der Waals surface area contributed by atoms with Crippen LogP contribution in [0.3, 0.4) is 0 Å². The molecule has 126 valence electrons. The highest BCUT2D eigenvalue weighted by molar-refractivity contribution is 6.32. The van der Waals surface area contributed by atoms with Crippen molar-refractivity contribution in [2.75, 3.05) is 20.3 Å². The topological polar surface area (TPSA) is 59.0 Å². The summed E-state index contributed by atoms with van der Waals surface area (Å²) in [5, 5.41) is 9.24. The maximum atomic E-state index is 10.9. The van der Waals surface area contributed by atoms with E-state index in [2.05, 4.69) is 11.0 Å². The van der Waals surface area contributed by atoms with Gasteiger partial charge in [0.05, 0.1) is 17.7 Å². The molecule has 2 aromatic carbocycles. The zero-order valence-corrected chi connectivity index (χ0v) is 14.0. The summed E-state index contributed by atoms with van der Waals surface area (Å²) >= 11 is 6.06. The first kappa shape index (κ1) is 16.6. The molecule has 5 nitrogen and oxygen atoms in total. The molecule has 0 aromatic heterocycles. The first-order chi connectivity index (χ1) is 11.6. The number of rotatable bonds is 6. The average molecular weight is 348 g/mol. The van der Waals surface area contributed by atoms with Crippen molar-refractivity contribution in [3.63, 3.8) is 0 Å². The third kappa shape index (κ3) is 3.47. The minimum absolute atomic E-state index is 0.148. The first-order valence-electron chi connectivity index (χ1n) is 7.61. The maximum Gasteiger partial charge on any atom is 0.335 e. The minimum Gasteiger partial charge on any atom is -0.496 e. The van der Waals surface area contributed by atoms with Gasteiger partial charge in [-0.15, -0.1) is 0 Å². The minimum atomic E-state index is -1.01. The average Bonchev–Trinajstić information content (AvgIpc) is 2.98. The Balaban J connectivity index is 1.56. The molecule has 0 amide bonds. The molecule has 0 spiro atoms. The largest absolute Gasteiger partial charge is 0.496 e. The maximum absolute atomic E-state index is 10.9. The molecule has 24 heavy (non-hydrogen) atoms. The quantitative estimate of drug-likeness (QED) is 0.867. The van der Waals surface area contributed by atoms with E-state index in [0.717, 1.165) is 25.4 Å². The van der Waals surface area contributed by atoms with E-state index in [1.807, 2.05) is 12.1 Å². The van der Waals surface area contributed by atoms with Gasteiger partial charge < -0.3 is 14.6 Å². The number of ether oxygens (including phenoxy) is 2. The SMILES string of the molecule is COc1cccc2c1CN(CCOc1ccc(C(=O)O)cc1Cl)C2. The molecule has 0 atom stereocenters. The molecule has 3 rings (SSSR count). The Morgan fingerprint density at radius 3 is 2.79 bits per heavy atom. The summed E-state index contributed by atoms with van der Waals surface area (Å²) in [6, 6.07) is 10.6. The molecule has 0 radical (unpaired) electrons. The third-order valence-electron chi connectivity index (χ3n) is 4.07. The Labute approximate surface area is 145 Å². The number of carboxylic acids is 1. The standard InChI is InChI=1S/C18H18ClNO4/c1-23-16-4-2-3-13-10-20(11-14(13)16)7-8-24-17-6-5-12(18(21)22)9-15(17)19/h2-6,9H,7-8,10-11H2,1H3,(H,21,22). The van der Waals surface area contributed by atoms with Crippen LogP contribution in [0.2, 0.25) is 5.02 Å². The van der Waals surface area contributed by atoms with Crippen molar-refractivity contribution >= 4 is 17.6 Å². The van der Waals surface area contributed by atoms with Crippen molar-refractivity contribution in [1.29, 1.82) is 0 Å². The Morgan fingerprint density at radius 2 is 2.08 bits per heavy atom. The summed E-state index contributed by atoms with van der Waals surface area (Å²) in [5.74, 6) is 0.409. The van der Waals surface area contributed by atoms with Crippen molar-refractivity contribution in [3.8, 4) is 11.5 Å². The fourth-order valence-corrected chi connectivity index (χ4v) is 3.08. The van der Waals surface area contributed by atoms with Crippen LogP contribution in [0.1, 0.15) is 21.5 Å². The fraction of sp³-hybridized carbons (Fsp3) is 0.278. The number of fused-ring (bicyclic) bond motifs is 1. The highest BCUT2D eigenvalue weighted by Crippen LogP contribution is 2.30. The molecular weight excluding hydrogens is 330 g/mol. The van der Waals surface area contributed by atoms with Crippen molar-refractivity contribution in [2.24, 2.45) is 0 Å². The molecule has 1 heterocycles. The zero-order valence-electron chi connectivity index (χ0n) is 13.3. The Bertz CT molecular complexity index is 763. The first-order valence-corrected chi connectivity index (χ1v) is 7.99. The second-order valence-corrected chi connectivity index (χ2v) is 6.01. The number of hydrogen-bond acceptors (Lipinski definition) is 4. The number of nitrogens with zero attached hydrogens (tertiary/aromatic N) is 1. The second-order valence-electron chi connectivity index (χ2n) is 5.61. The number of carboxylic acid groups (broad SMARTS) is 1. The van der Waals surface area contributed by atoms with Gasteiger partial charge in [-0.05, 0) is 29.8 Å². The summed E-state index contributed by atoms with van der Waals surface area (Å²) in [6.45, 7) is 2.91. The van der Waals surface area contributed by atoms with Gasteiger partial charge in [0, 0.05) is 25.2 Å². The number of methoxy groups -OCH3 is 1. The molecule has 6 heteroatoms. The van der Waals surface area contributed by atoms with Crippen LogP contribution in [0.25, 0.3) is 0 Å². The van der Waals surface area contributed by atoms with E-state index in [-0.39, 0.29) is 5.56 Å². The number of benzene rings is 2. The molecule has 0 saturated heterocycles. The molecule has 0 fully saturated rings. The molecule has 0 bridgehead atoms. The molecule has 1 aliphatic heterocycles. The molecular formula is C18H18ClNO4. The van der Waals surface area contributed by atoms with Crippen LogP contribution in [-0.4, -0.2) is 36.2 Å². The van der Waals surface area contributed by atoms with Crippen LogP contribution in [-0.2, 0) is 13.1 Å². The number of hydrogen-bond donors (Lipinski definition) is 1. The smallest absolute Gasteiger partial charge is 0.335 e. The summed E-state index contributed by atoms with van der Waals surface area (Å²) in [4.78, 5) is 13.2. The lowest BCUT2D eigenvalue weighted by molar-refractivity contribution is 0.0697. The van der Waals surface area contributed by atoms with Crippen LogP contribution in [0.15, 0.2) is 36.4 Å². The summed E-state index contributed by atoms with van der Waals surface area (Å²) < 4.78 is 11.1. The van der Waals surface area contributed by atoms with E-state index in [0.29, 0.717) is 17.4 Å². The van der Waals surface area contributed by atoms with E-state index < -0.39 is 5.97 Å². The summed E-state index contributed by atoms with van der Waals surface area (Å²) in [6.07, 6.45) is 0. The highest BCUT2D eigenvalue weighted by atomic mass is 35.5. The van der Waals surface area contributed by atoms with E-state index >= 15 is 0 Å². The Morgan fingerprint density at radius 1 is 1.25 bits per heavy atom. The van der Waals surface area contributed by atoms with Crippen LogP contribution in [0, 0.1) is 0 Å². The van der Waals surface area contributed by atoms with Crippen LogP contribution >= 0.6 is 11.6 Å². The predicted molar refractivity (Wildman–Crippen MR) is 91.0 cm³/mol. The van der Waals surface area contributed by atoms with E-state index in [9.17, 15) is 4.79 Å². The monoisotopic (exact) mass is 347 g/mol. The third-order valence-corrected chi connectivity index (χ3v) is 4.36. The van der Waals surface area contributed by atoms with Gasteiger partial charge in [-0.2, -0.15) is 0 Å². The van der Waals surface area contributed by atoms with Gasteiger partial charge in [-0.25, -0.2) is 4.79 Å². The van der Waals surface area contributed by atoms with Gasteiger partial charge in [-0.1, -0.05) is 23.7 Å². The highest BCUT2D eigenvalue weighted by Gasteiger charge is 2.21. The molecule has 2 aromatic rings. The molecule has 1 aliphatic rings. The summed E-state index contributed by atoms with van der Waals surface area (Å²) in [5.41, 5.74) is 2.65. The Hall–Kier alpha value is -2.24. The van der Waals surface area contributed by atoms with E-state index in [1.165, 1.54) is 23.3 Å². The lowest BCUT2D eigenvalue weighted by Gasteiger charge is -2.16. The summed E-state index contributed by atoms with van der Waals surface area (Å²) in [7, 11) is 1.68. The van der Waals surface area contributed by atoms with Gasteiger partial charge in [0.15, 0.2) is 0 Å². The second kappa shape index (κ2) is 7.11. The molecule has 0 saturated carbocycles. The lowest BCUT2D eigenvalue weighted by atomic mass is 10.1. The van der Waals surface area contributed by atoms with Crippen LogP contribution < -0.4 is 9.47 Å². The van der Waals surface area contributed by atoms with Gasteiger partial charge in [0.2, 0.25) is 0 Å². The van der Waals surface area contributed by atoms with Crippen LogP contribution in [0.4, 0.5) is 0 Å². The van der Waals surface area contributed by atoms with Crippen molar-refractivity contribution < 1.29 is 19.4 Å². The number of carbonyl (C=O) groups is 1. The van der Waals surface area contributed by atoms with Crippen molar-refractivity contribution in [2.45, 2.75) is 13.1 Å². The zero-order chi connectivity index (χ0) is 17.1. The molecule has 1 N–H and O–H groups in total. The number of aromatic carboxylic acids is 1. The van der Waals surface area contributed by atoms with E-state index in [1.54, 1.807) is 13.2 Å². The predicted octanol–water partition coefficient (Wildman–Crippen LogP) is 3.44. The van der Waals surface area contributed by atoms with E-state index in [4.69, 9.17) is 26.2 Å². The van der Waals surface area contributed by atoms with Gasteiger partial charge in [-0.3, -0.25) is 4.90 Å².